The molecular weight excluding hydrogens is 340 g/mol. The molecule has 0 saturated carbocycles. The van der Waals surface area contributed by atoms with Crippen LogP contribution in [0.2, 0.25) is 0 Å². The van der Waals surface area contributed by atoms with Crippen LogP contribution in [0.5, 0.6) is 5.75 Å². The minimum absolute atomic E-state index is 0.340. The van der Waals surface area contributed by atoms with Gasteiger partial charge in [0.2, 0.25) is 0 Å². The maximum absolute atomic E-state index is 5.40. The van der Waals surface area contributed by atoms with E-state index in [1.54, 1.807) is 0 Å². The largest absolute Gasteiger partial charge is 0.491 e. The summed E-state index contributed by atoms with van der Waals surface area (Å²) < 4.78 is 36.3. The van der Waals surface area contributed by atoms with Gasteiger partial charge < -0.3 is 33.2 Å². The summed E-state index contributed by atoms with van der Waals surface area (Å²) in [7, 11) is 0. The van der Waals surface area contributed by atoms with Gasteiger partial charge in [-0.05, 0) is 12.1 Å². The topological polar surface area (TPSA) is 74.5 Å². The minimum Gasteiger partial charge on any atom is -0.491 e. The van der Waals surface area contributed by atoms with Crippen LogP contribution < -0.4 is 4.74 Å². The standard InChI is InChI=1S/C10H18O5.C9H10O2/c1(3-12-5-9-7-14-9)11-2-4-13-6-10-8-15-10;1-2-4-8(5-3-1)10-6-9-7-11-9/h9-10H,1-8H2;1-5,9H,6-7H2. The highest BCUT2D eigenvalue weighted by Gasteiger charge is 2.23. The molecule has 3 unspecified atom stereocenters. The van der Waals surface area contributed by atoms with Crippen LogP contribution in [0.4, 0.5) is 0 Å². The quantitative estimate of drug-likeness (QED) is 0.384. The van der Waals surface area contributed by atoms with Gasteiger partial charge in [0.15, 0.2) is 0 Å². The van der Waals surface area contributed by atoms with E-state index in [0.29, 0.717) is 64.6 Å². The molecule has 0 N–H and O–H groups in total. The van der Waals surface area contributed by atoms with E-state index < -0.39 is 0 Å². The molecule has 0 aliphatic carbocycles. The molecule has 0 aromatic heterocycles. The van der Waals surface area contributed by atoms with Crippen molar-refractivity contribution in [1.82, 2.24) is 0 Å². The van der Waals surface area contributed by atoms with E-state index >= 15 is 0 Å². The SMILES string of the molecule is C(COCC1CO1)OCCOCC1CO1.c1ccc(OCC2CO2)cc1. The summed E-state index contributed by atoms with van der Waals surface area (Å²) in [5, 5.41) is 0. The molecule has 7 heteroatoms. The third-order valence-corrected chi connectivity index (χ3v) is 3.74. The number of hydrogen-bond acceptors (Lipinski definition) is 7. The lowest BCUT2D eigenvalue weighted by Crippen LogP contribution is -2.12. The number of para-hydroxylation sites is 1. The predicted octanol–water partition coefficient (Wildman–Crippen LogP) is 1.30. The van der Waals surface area contributed by atoms with Crippen LogP contribution in [0.15, 0.2) is 30.3 Å². The molecule has 146 valence electrons. The maximum atomic E-state index is 5.40. The van der Waals surface area contributed by atoms with Gasteiger partial charge in [-0.15, -0.1) is 0 Å². The normalized spacial score (nSPS) is 25.2. The van der Waals surface area contributed by atoms with Crippen molar-refractivity contribution in [2.45, 2.75) is 18.3 Å². The molecule has 0 radical (unpaired) electrons. The molecule has 3 atom stereocenters. The van der Waals surface area contributed by atoms with Crippen molar-refractivity contribution in [3.05, 3.63) is 30.3 Å². The summed E-state index contributed by atoms with van der Waals surface area (Å²) in [6.45, 7) is 7.12. The van der Waals surface area contributed by atoms with Crippen LogP contribution in [-0.2, 0) is 28.4 Å². The fourth-order valence-electron chi connectivity index (χ4n) is 1.97. The highest BCUT2D eigenvalue weighted by atomic mass is 16.6. The third-order valence-electron chi connectivity index (χ3n) is 3.74. The van der Waals surface area contributed by atoms with E-state index in [0.717, 1.165) is 25.6 Å². The first kappa shape index (κ1) is 19.5. The Morgan fingerprint density at radius 3 is 1.62 bits per heavy atom. The summed E-state index contributed by atoms with van der Waals surface area (Å²) in [6, 6.07) is 9.79. The first-order valence-electron chi connectivity index (χ1n) is 9.16. The van der Waals surface area contributed by atoms with Crippen molar-refractivity contribution in [3.63, 3.8) is 0 Å². The van der Waals surface area contributed by atoms with Crippen molar-refractivity contribution in [3.8, 4) is 5.75 Å². The van der Waals surface area contributed by atoms with Gasteiger partial charge in [0.25, 0.3) is 0 Å². The molecule has 3 aliphatic heterocycles. The molecule has 0 amide bonds. The molecule has 3 saturated heterocycles. The van der Waals surface area contributed by atoms with Gasteiger partial charge in [0.05, 0.1) is 59.5 Å². The van der Waals surface area contributed by atoms with Gasteiger partial charge in [0, 0.05) is 0 Å². The molecule has 1 aromatic rings. The van der Waals surface area contributed by atoms with Crippen LogP contribution >= 0.6 is 0 Å². The van der Waals surface area contributed by atoms with Crippen molar-refractivity contribution in [2.24, 2.45) is 0 Å². The van der Waals surface area contributed by atoms with Crippen molar-refractivity contribution in [1.29, 1.82) is 0 Å². The van der Waals surface area contributed by atoms with Crippen LogP contribution in [0.1, 0.15) is 0 Å². The lowest BCUT2D eigenvalue weighted by molar-refractivity contribution is 0.00937. The second-order valence-electron chi connectivity index (χ2n) is 6.25. The summed E-state index contributed by atoms with van der Waals surface area (Å²) in [4.78, 5) is 0. The highest BCUT2D eigenvalue weighted by molar-refractivity contribution is 5.20. The summed E-state index contributed by atoms with van der Waals surface area (Å²) in [5.41, 5.74) is 0. The predicted molar refractivity (Wildman–Crippen MR) is 93.6 cm³/mol. The van der Waals surface area contributed by atoms with E-state index in [1.807, 2.05) is 30.3 Å². The van der Waals surface area contributed by atoms with Gasteiger partial charge in [-0.1, -0.05) is 18.2 Å². The van der Waals surface area contributed by atoms with Crippen molar-refractivity contribution < 1.29 is 33.2 Å². The Hall–Kier alpha value is -1.22. The van der Waals surface area contributed by atoms with Gasteiger partial charge >= 0.3 is 0 Å². The van der Waals surface area contributed by atoms with E-state index in [4.69, 9.17) is 33.2 Å². The zero-order valence-corrected chi connectivity index (χ0v) is 15.0. The van der Waals surface area contributed by atoms with Crippen LogP contribution in [-0.4, -0.2) is 84.4 Å². The first-order chi connectivity index (χ1) is 12.9. The Morgan fingerprint density at radius 1 is 0.654 bits per heavy atom. The number of rotatable bonds is 13. The van der Waals surface area contributed by atoms with E-state index in [-0.39, 0.29) is 0 Å². The van der Waals surface area contributed by atoms with E-state index in [2.05, 4.69) is 0 Å². The summed E-state index contributed by atoms with van der Waals surface area (Å²) in [5.74, 6) is 0.919. The molecule has 3 aliphatic rings. The van der Waals surface area contributed by atoms with Gasteiger partial charge in [-0.3, -0.25) is 0 Å². The Kier molecular flexibility index (Phi) is 8.63. The lowest BCUT2D eigenvalue weighted by Gasteiger charge is -2.05. The lowest BCUT2D eigenvalue weighted by atomic mass is 10.3. The smallest absolute Gasteiger partial charge is 0.119 e. The number of epoxide rings is 3. The first-order valence-corrected chi connectivity index (χ1v) is 9.16. The third kappa shape index (κ3) is 10.1. The minimum atomic E-state index is 0.340. The zero-order valence-electron chi connectivity index (χ0n) is 15.0. The zero-order chi connectivity index (χ0) is 17.9. The number of benzene rings is 1. The second-order valence-corrected chi connectivity index (χ2v) is 6.25. The number of ether oxygens (including phenoxy) is 7. The molecule has 1 aromatic carbocycles. The fourth-order valence-corrected chi connectivity index (χ4v) is 1.97. The molecule has 4 rings (SSSR count). The average Bonchev–Trinajstić information content (AvgIpc) is 3.53. The van der Waals surface area contributed by atoms with Crippen LogP contribution in [0, 0.1) is 0 Å². The molecule has 7 nitrogen and oxygen atoms in total. The molecule has 3 heterocycles. The van der Waals surface area contributed by atoms with Gasteiger partial charge in [0.1, 0.15) is 30.7 Å². The molecule has 26 heavy (non-hydrogen) atoms. The monoisotopic (exact) mass is 368 g/mol. The fraction of sp³-hybridized carbons (Fsp3) is 0.684. The Morgan fingerprint density at radius 2 is 1.12 bits per heavy atom. The highest BCUT2D eigenvalue weighted by Crippen LogP contribution is 2.13. The molecule has 0 spiro atoms. The maximum Gasteiger partial charge on any atom is 0.119 e. The van der Waals surface area contributed by atoms with Crippen LogP contribution in [0.25, 0.3) is 0 Å². The summed E-state index contributed by atoms with van der Waals surface area (Å²) in [6.07, 6.45) is 1.02. The van der Waals surface area contributed by atoms with Gasteiger partial charge in [-0.25, -0.2) is 0 Å². The molecule has 0 bridgehead atoms. The van der Waals surface area contributed by atoms with Crippen molar-refractivity contribution >= 4 is 0 Å². The van der Waals surface area contributed by atoms with Crippen LogP contribution in [0.3, 0.4) is 0 Å². The Labute approximate surface area is 154 Å². The Balaban J connectivity index is 0.000000158. The number of hydrogen-bond donors (Lipinski definition) is 0. The van der Waals surface area contributed by atoms with Gasteiger partial charge in [-0.2, -0.15) is 0 Å². The Bertz CT molecular complexity index is 454. The van der Waals surface area contributed by atoms with E-state index in [9.17, 15) is 0 Å². The van der Waals surface area contributed by atoms with E-state index in [1.165, 1.54) is 0 Å². The average molecular weight is 368 g/mol. The molecule has 3 fully saturated rings. The summed E-state index contributed by atoms with van der Waals surface area (Å²) >= 11 is 0. The molecular formula is C19H28O7. The van der Waals surface area contributed by atoms with Crippen molar-refractivity contribution in [2.75, 3.05) is 66.1 Å². The second kappa shape index (κ2) is 11.5.